The molecule has 17 heavy (non-hydrogen) atoms. The average molecular weight is 239 g/mol. The molecule has 1 fully saturated rings. The second-order valence-corrected chi connectivity index (χ2v) is 6.70. The lowest BCUT2D eigenvalue weighted by molar-refractivity contribution is 0.193. The molecule has 1 rings (SSSR count). The van der Waals surface area contributed by atoms with Gasteiger partial charge in [-0.1, -0.05) is 52.9 Å². The largest absolute Gasteiger partial charge is 0.307 e. The molecular formula is C16H33N. The minimum atomic E-state index is 0.613. The predicted molar refractivity (Wildman–Crippen MR) is 77.4 cm³/mol. The van der Waals surface area contributed by atoms with E-state index in [-0.39, 0.29) is 0 Å². The van der Waals surface area contributed by atoms with Gasteiger partial charge in [-0.15, -0.1) is 0 Å². The van der Waals surface area contributed by atoms with Crippen LogP contribution < -0.4 is 0 Å². The molecule has 0 heterocycles. The Labute approximate surface area is 109 Å². The lowest BCUT2D eigenvalue weighted by atomic mass is 9.77. The van der Waals surface area contributed by atoms with Gasteiger partial charge in [0.05, 0.1) is 0 Å². The fourth-order valence-electron chi connectivity index (χ4n) is 2.95. The molecule has 102 valence electrons. The minimum absolute atomic E-state index is 0.613. The van der Waals surface area contributed by atoms with Gasteiger partial charge in [0.15, 0.2) is 0 Å². The molecule has 0 saturated heterocycles. The summed E-state index contributed by atoms with van der Waals surface area (Å²) >= 11 is 0. The predicted octanol–water partition coefficient (Wildman–Crippen LogP) is 4.71. The fourth-order valence-corrected chi connectivity index (χ4v) is 2.95. The molecule has 0 aromatic carbocycles. The Kier molecular flexibility index (Phi) is 6.54. The van der Waals surface area contributed by atoms with Gasteiger partial charge in [0.1, 0.15) is 0 Å². The van der Waals surface area contributed by atoms with Crippen LogP contribution in [0.3, 0.4) is 0 Å². The molecule has 0 N–H and O–H groups in total. The highest BCUT2D eigenvalue weighted by Crippen LogP contribution is 2.37. The molecule has 0 aromatic heterocycles. The van der Waals surface area contributed by atoms with Crippen LogP contribution in [0.4, 0.5) is 0 Å². The molecule has 0 bridgehead atoms. The Morgan fingerprint density at radius 3 is 2.59 bits per heavy atom. The van der Waals surface area contributed by atoms with Crippen LogP contribution in [0.2, 0.25) is 0 Å². The Balaban J connectivity index is 2.44. The van der Waals surface area contributed by atoms with Crippen LogP contribution in [0.15, 0.2) is 0 Å². The highest BCUT2D eigenvalue weighted by Gasteiger charge is 2.25. The van der Waals surface area contributed by atoms with Crippen molar-refractivity contribution < 1.29 is 0 Å². The van der Waals surface area contributed by atoms with Crippen molar-refractivity contribution in [3.05, 3.63) is 0 Å². The lowest BCUT2D eigenvalue weighted by Gasteiger charge is -2.32. The van der Waals surface area contributed by atoms with E-state index in [1.165, 1.54) is 64.5 Å². The van der Waals surface area contributed by atoms with Crippen LogP contribution in [-0.2, 0) is 0 Å². The van der Waals surface area contributed by atoms with Gasteiger partial charge in [0, 0.05) is 0 Å². The van der Waals surface area contributed by atoms with E-state index >= 15 is 0 Å². The summed E-state index contributed by atoms with van der Waals surface area (Å²) < 4.78 is 0. The summed E-state index contributed by atoms with van der Waals surface area (Å²) in [5.74, 6) is 0.955. The van der Waals surface area contributed by atoms with Gasteiger partial charge < -0.3 is 4.90 Å². The Hall–Kier alpha value is -0.0400. The summed E-state index contributed by atoms with van der Waals surface area (Å²) in [6, 6.07) is 0. The van der Waals surface area contributed by atoms with Crippen LogP contribution >= 0.6 is 0 Å². The first-order chi connectivity index (χ1) is 8.06. The third kappa shape index (κ3) is 5.90. The molecule has 1 nitrogen and oxygen atoms in total. The highest BCUT2D eigenvalue weighted by atomic mass is 15.1. The van der Waals surface area contributed by atoms with E-state index < -0.39 is 0 Å². The van der Waals surface area contributed by atoms with Crippen molar-refractivity contribution in [1.82, 2.24) is 4.90 Å². The zero-order chi connectivity index (χ0) is 12.7. The Morgan fingerprint density at radius 2 is 1.88 bits per heavy atom. The molecule has 1 aliphatic carbocycles. The highest BCUT2D eigenvalue weighted by molar-refractivity contribution is 4.78. The van der Waals surface area contributed by atoms with E-state index in [0.29, 0.717) is 5.41 Å². The smallest absolute Gasteiger partial charge is 0.00167 e. The van der Waals surface area contributed by atoms with E-state index in [1.807, 2.05) is 0 Å². The first-order valence-corrected chi connectivity index (χ1v) is 7.74. The third-order valence-corrected chi connectivity index (χ3v) is 4.85. The molecule has 0 spiro atoms. The Bertz CT molecular complexity index is 202. The first kappa shape index (κ1) is 15.0. The number of hydrogen-bond acceptors (Lipinski definition) is 1. The molecule has 0 radical (unpaired) electrons. The molecule has 2 atom stereocenters. The molecule has 1 aliphatic rings. The van der Waals surface area contributed by atoms with Gasteiger partial charge in [0.2, 0.25) is 0 Å². The maximum Gasteiger partial charge on any atom is -0.00167 e. The number of hydrogen-bond donors (Lipinski definition) is 0. The molecular weight excluding hydrogens is 206 g/mol. The van der Waals surface area contributed by atoms with Crippen molar-refractivity contribution in [2.24, 2.45) is 11.3 Å². The van der Waals surface area contributed by atoms with Crippen molar-refractivity contribution in [2.75, 3.05) is 20.1 Å². The van der Waals surface area contributed by atoms with Crippen LogP contribution in [0.1, 0.15) is 72.1 Å². The van der Waals surface area contributed by atoms with Crippen LogP contribution in [0.25, 0.3) is 0 Å². The summed E-state index contributed by atoms with van der Waals surface area (Å²) in [4.78, 5) is 2.46. The van der Waals surface area contributed by atoms with Crippen molar-refractivity contribution in [1.29, 1.82) is 0 Å². The van der Waals surface area contributed by atoms with Gasteiger partial charge in [-0.3, -0.25) is 0 Å². The van der Waals surface area contributed by atoms with Crippen LogP contribution in [0, 0.1) is 11.3 Å². The van der Waals surface area contributed by atoms with Crippen LogP contribution in [0.5, 0.6) is 0 Å². The zero-order valence-corrected chi connectivity index (χ0v) is 12.6. The van der Waals surface area contributed by atoms with Gasteiger partial charge in [-0.05, 0) is 50.7 Å². The Morgan fingerprint density at radius 1 is 1.12 bits per heavy atom. The van der Waals surface area contributed by atoms with Crippen molar-refractivity contribution in [3.63, 3.8) is 0 Å². The summed E-state index contributed by atoms with van der Waals surface area (Å²) in [6.07, 6.45) is 11.6. The maximum atomic E-state index is 2.54. The van der Waals surface area contributed by atoms with E-state index in [2.05, 4.69) is 32.7 Å². The summed E-state index contributed by atoms with van der Waals surface area (Å²) in [6.45, 7) is 9.71. The van der Waals surface area contributed by atoms with Crippen molar-refractivity contribution >= 4 is 0 Å². The first-order valence-electron chi connectivity index (χ1n) is 7.74. The molecule has 0 amide bonds. The SMILES string of the molecule is CCN(C)CCC1(C)CCCCCC(C)CC1. The average Bonchev–Trinajstić information content (AvgIpc) is 2.40. The number of nitrogens with zero attached hydrogens (tertiary/aromatic N) is 1. The van der Waals surface area contributed by atoms with E-state index in [1.54, 1.807) is 0 Å². The van der Waals surface area contributed by atoms with E-state index in [9.17, 15) is 0 Å². The second kappa shape index (κ2) is 7.41. The van der Waals surface area contributed by atoms with Crippen molar-refractivity contribution in [2.45, 2.75) is 72.1 Å². The topological polar surface area (TPSA) is 3.24 Å². The van der Waals surface area contributed by atoms with E-state index in [0.717, 1.165) is 5.92 Å². The van der Waals surface area contributed by atoms with Gasteiger partial charge in [-0.2, -0.15) is 0 Å². The zero-order valence-electron chi connectivity index (χ0n) is 12.6. The monoisotopic (exact) mass is 239 g/mol. The van der Waals surface area contributed by atoms with Crippen molar-refractivity contribution in [3.8, 4) is 0 Å². The lowest BCUT2D eigenvalue weighted by Crippen LogP contribution is -2.26. The van der Waals surface area contributed by atoms with Crippen LogP contribution in [-0.4, -0.2) is 25.0 Å². The maximum absolute atomic E-state index is 2.54. The van der Waals surface area contributed by atoms with E-state index in [4.69, 9.17) is 0 Å². The normalized spacial score (nSPS) is 31.9. The minimum Gasteiger partial charge on any atom is -0.307 e. The third-order valence-electron chi connectivity index (χ3n) is 4.85. The summed E-state index contributed by atoms with van der Waals surface area (Å²) in [5.41, 5.74) is 0.613. The molecule has 1 heteroatoms. The molecule has 2 unspecified atom stereocenters. The summed E-state index contributed by atoms with van der Waals surface area (Å²) in [5, 5.41) is 0. The molecule has 1 saturated carbocycles. The summed E-state index contributed by atoms with van der Waals surface area (Å²) in [7, 11) is 2.25. The second-order valence-electron chi connectivity index (χ2n) is 6.70. The van der Waals surface area contributed by atoms with Gasteiger partial charge in [0.25, 0.3) is 0 Å². The standard InChI is InChI=1S/C16H33N/c1-5-17(4)14-13-16(3)11-8-6-7-9-15(2)10-12-16/h15H,5-14H2,1-4H3. The number of rotatable bonds is 4. The quantitative estimate of drug-likeness (QED) is 0.686. The van der Waals surface area contributed by atoms with Gasteiger partial charge >= 0.3 is 0 Å². The van der Waals surface area contributed by atoms with Gasteiger partial charge in [-0.25, -0.2) is 0 Å². The fraction of sp³-hybridized carbons (Fsp3) is 1.00. The molecule has 0 aliphatic heterocycles. The molecule has 0 aromatic rings.